The fraction of sp³-hybridized carbons (Fsp3) is 0.406. The van der Waals surface area contributed by atoms with Gasteiger partial charge >= 0.3 is 0 Å². The molecule has 1 aliphatic heterocycles. The quantitative estimate of drug-likeness (QED) is 0.0797. The van der Waals surface area contributed by atoms with E-state index in [-0.39, 0.29) is 0 Å². The zero-order valence-corrected chi connectivity index (χ0v) is 31.8. The Morgan fingerprint density at radius 2 is 1.52 bits per heavy atom. The van der Waals surface area contributed by atoms with Gasteiger partial charge in [0.2, 0.25) is 9.84 Å². The van der Waals surface area contributed by atoms with Crippen LogP contribution in [0.25, 0.3) is 38.3 Å². The Bertz CT molecular complexity index is 2330. The van der Waals surface area contributed by atoms with Crippen molar-refractivity contribution < 1.29 is 13.2 Å². The van der Waals surface area contributed by atoms with E-state index in [1.165, 1.54) is 46.1 Å². The average molecular weight is 758 g/mol. The van der Waals surface area contributed by atoms with E-state index >= 15 is 0 Å². The molecule has 0 amide bonds. The van der Waals surface area contributed by atoms with E-state index in [9.17, 15) is 13.7 Å². The van der Waals surface area contributed by atoms with Gasteiger partial charge in [-0.2, -0.15) is 5.26 Å². The highest BCUT2D eigenvalue weighted by Gasteiger charge is 2.42. The number of ether oxygens (including phenoxy) is 1. The van der Waals surface area contributed by atoms with Gasteiger partial charge in [0.1, 0.15) is 22.9 Å². The van der Waals surface area contributed by atoms with Crippen LogP contribution in [0.4, 0.5) is 0 Å². The van der Waals surface area contributed by atoms with Crippen molar-refractivity contribution in [1.82, 2.24) is 20.3 Å². The number of unbranched alkanes of at least 4 members (excludes halogenated alkanes) is 3. The van der Waals surface area contributed by atoms with Crippen LogP contribution in [0.15, 0.2) is 16.0 Å². The number of nitriles is 1. The number of aryl methyl sites for hydroxylation is 3. The van der Waals surface area contributed by atoms with E-state index in [2.05, 4.69) is 35.5 Å². The molecule has 0 spiro atoms. The third-order valence-electron chi connectivity index (χ3n) is 8.69. The topological polar surface area (TPSA) is 162 Å². The van der Waals surface area contributed by atoms with Gasteiger partial charge in [0, 0.05) is 21.2 Å². The fourth-order valence-electron chi connectivity index (χ4n) is 6.19. The van der Waals surface area contributed by atoms with Gasteiger partial charge in [-0.3, -0.25) is 10.00 Å². The number of rotatable bonds is 13. The molecule has 1 aliphatic rings. The number of thiophene rings is 5. The molecular weight excluding hydrogens is 723 g/mol. The molecule has 0 saturated carbocycles. The fourth-order valence-corrected chi connectivity index (χ4v) is 16.2. The molecule has 7 heterocycles. The lowest BCUT2D eigenvalue weighted by atomic mass is 10.2. The second kappa shape index (κ2) is 13.3. The number of aromatic nitrogens is 3. The number of hydrogen-bond donors (Lipinski definition) is 3. The molecule has 0 unspecified atom stereocenters. The van der Waals surface area contributed by atoms with Crippen molar-refractivity contribution in [2.75, 3.05) is 6.54 Å². The van der Waals surface area contributed by atoms with Gasteiger partial charge in [-0.15, -0.1) is 61.8 Å². The SMILES string of the molecule is Cc1c(C#N)sc2c1S(=O)(=O)c1c-2sc(-c2sc3c(sc4c(C)c(COCc5cn(CCCCCCNC(N)N)nn5)sc43)c2C)c1C. The predicted molar refractivity (Wildman–Crippen MR) is 198 cm³/mol. The number of hydrogen-bond acceptors (Lipinski definition) is 14. The summed E-state index contributed by atoms with van der Waals surface area (Å²) < 4.78 is 40.4. The van der Waals surface area contributed by atoms with Crippen molar-refractivity contribution in [3.05, 3.63) is 43.9 Å². The normalized spacial score (nSPS) is 13.7. The number of nitrogens with one attached hydrogen (secondary N) is 1. The first-order chi connectivity index (χ1) is 23.0. The number of nitrogens with two attached hydrogens (primary N) is 2. The summed E-state index contributed by atoms with van der Waals surface area (Å²) >= 11 is 8.17. The molecule has 0 radical (unpaired) electrons. The maximum Gasteiger partial charge on any atom is 0.210 e. The van der Waals surface area contributed by atoms with Crippen LogP contribution in [0, 0.1) is 39.0 Å². The highest BCUT2D eigenvalue weighted by Crippen LogP contribution is 2.59. The van der Waals surface area contributed by atoms with Gasteiger partial charge in [0.15, 0.2) is 0 Å². The summed E-state index contributed by atoms with van der Waals surface area (Å²) in [6.07, 6.45) is 5.81. The summed E-state index contributed by atoms with van der Waals surface area (Å²) in [5.74, 6) is 0. The molecule has 0 bridgehead atoms. The van der Waals surface area contributed by atoms with Gasteiger partial charge in [0.05, 0.1) is 57.8 Å². The molecule has 10 nitrogen and oxygen atoms in total. The highest BCUT2D eigenvalue weighted by molar-refractivity contribution is 7.92. The monoisotopic (exact) mass is 757 g/mol. The Balaban J connectivity index is 1.04. The van der Waals surface area contributed by atoms with E-state index in [4.69, 9.17) is 16.2 Å². The first kappa shape index (κ1) is 33.9. The third-order valence-corrected chi connectivity index (χ3v) is 18.3. The minimum atomic E-state index is -3.66. The van der Waals surface area contributed by atoms with Gasteiger partial charge in [0.25, 0.3) is 0 Å². The van der Waals surface area contributed by atoms with Gasteiger partial charge in [-0.25, -0.2) is 8.42 Å². The molecule has 252 valence electrons. The average Bonchev–Trinajstić information content (AvgIpc) is 3.89. The minimum absolute atomic E-state index is 0.323. The van der Waals surface area contributed by atoms with Crippen molar-refractivity contribution in [2.45, 2.75) is 89.2 Å². The standard InChI is InChI=1S/C32H35N7O3S6/c1-15-21(14-42-13-19-12-39(38-37-19)10-8-6-5-7-9-36-32(34)35)44-26-22(15)45-24-17(3)23(46-27(24)26)25-18(4)31-29(47-25)28-30(48(31,40)41)16(2)20(11-33)43-28/h12,32,36H,5-10,13-14,34-35H2,1-4H3. The molecule has 6 aromatic rings. The van der Waals surface area contributed by atoms with Crippen molar-refractivity contribution in [1.29, 1.82) is 5.26 Å². The van der Waals surface area contributed by atoms with Crippen molar-refractivity contribution >= 4 is 85.3 Å². The van der Waals surface area contributed by atoms with E-state index < -0.39 is 16.1 Å². The Morgan fingerprint density at radius 3 is 2.29 bits per heavy atom. The summed E-state index contributed by atoms with van der Waals surface area (Å²) in [6, 6.07) is 2.17. The van der Waals surface area contributed by atoms with Crippen LogP contribution in [0.5, 0.6) is 0 Å². The first-order valence-electron chi connectivity index (χ1n) is 15.6. The molecule has 0 fully saturated rings. The van der Waals surface area contributed by atoms with Crippen LogP contribution >= 0.6 is 56.7 Å². The lowest BCUT2D eigenvalue weighted by Crippen LogP contribution is -2.45. The Kier molecular flexibility index (Phi) is 9.39. The van der Waals surface area contributed by atoms with Gasteiger partial charge in [-0.05, 0) is 69.3 Å². The molecule has 0 aromatic carbocycles. The summed E-state index contributed by atoms with van der Waals surface area (Å²) in [5, 5.41) is 21.1. The second-order valence-corrected chi connectivity index (χ2v) is 19.0. The van der Waals surface area contributed by atoms with Crippen LogP contribution in [-0.2, 0) is 34.3 Å². The molecule has 6 aromatic heterocycles. The van der Waals surface area contributed by atoms with Crippen LogP contribution in [0.3, 0.4) is 0 Å². The van der Waals surface area contributed by atoms with Crippen molar-refractivity contribution in [3.8, 4) is 25.6 Å². The zero-order valence-electron chi connectivity index (χ0n) is 26.9. The summed E-state index contributed by atoms with van der Waals surface area (Å²) in [6.45, 7) is 10.5. The maximum absolute atomic E-state index is 13.7. The minimum Gasteiger partial charge on any atom is -0.369 e. The zero-order chi connectivity index (χ0) is 33.9. The van der Waals surface area contributed by atoms with Gasteiger partial charge < -0.3 is 16.2 Å². The molecule has 7 rings (SSSR count). The Morgan fingerprint density at radius 1 is 0.833 bits per heavy atom. The Hall–Kier alpha value is -2.56. The smallest absolute Gasteiger partial charge is 0.210 e. The molecule has 5 N–H and O–H groups in total. The van der Waals surface area contributed by atoms with Crippen molar-refractivity contribution in [3.63, 3.8) is 0 Å². The van der Waals surface area contributed by atoms with Crippen LogP contribution in [0.1, 0.15) is 63.4 Å². The molecule has 0 saturated heterocycles. The van der Waals surface area contributed by atoms with Crippen LogP contribution < -0.4 is 16.8 Å². The first-order valence-corrected chi connectivity index (χ1v) is 21.2. The van der Waals surface area contributed by atoms with Gasteiger partial charge in [-0.1, -0.05) is 18.1 Å². The van der Waals surface area contributed by atoms with E-state index in [0.717, 1.165) is 64.7 Å². The number of nitrogens with zero attached hydrogens (tertiary/aromatic N) is 4. The largest absolute Gasteiger partial charge is 0.369 e. The number of sulfone groups is 1. The second-order valence-electron chi connectivity index (χ2n) is 12.0. The third kappa shape index (κ3) is 5.77. The maximum atomic E-state index is 13.7. The summed E-state index contributed by atoms with van der Waals surface area (Å²) in [4.78, 5) is 6.04. The molecule has 0 aliphatic carbocycles. The predicted octanol–water partition coefficient (Wildman–Crippen LogP) is 7.55. The van der Waals surface area contributed by atoms with Crippen molar-refractivity contribution in [2.24, 2.45) is 11.5 Å². The Labute approximate surface area is 298 Å². The molecule has 16 heteroatoms. The molecule has 48 heavy (non-hydrogen) atoms. The molecule has 0 atom stereocenters. The lowest BCUT2D eigenvalue weighted by Gasteiger charge is -2.07. The van der Waals surface area contributed by atoms with Crippen LogP contribution in [0.2, 0.25) is 0 Å². The van der Waals surface area contributed by atoms with E-state index in [0.29, 0.717) is 38.3 Å². The lowest BCUT2D eigenvalue weighted by molar-refractivity contribution is 0.106. The van der Waals surface area contributed by atoms with E-state index in [1.807, 2.05) is 29.1 Å². The highest BCUT2D eigenvalue weighted by atomic mass is 32.2. The summed E-state index contributed by atoms with van der Waals surface area (Å²) in [7, 11) is -3.66. The van der Waals surface area contributed by atoms with E-state index in [1.54, 1.807) is 40.9 Å². The summed E-state index contributed by atoms with van der Waals surface area (Å²) in [5.41, 5.74) is 15.6. The molecular formula is C32H35N7O3S6. The van der Waals surface area contributed by atoms with Crippen LogP contribution in [-0.4, -0.2) is 36.2 Å². The number of fused-ring (bicyclic) bond motifs is 6.